The number of fused-ring (bicyclic) bond motifs is 2. The van der Waals surface area contributed by atoms with E-state index in [0.29, 0.717) is 12.2 Å². The van der Waals surface area contributed by atoms with E-state index < -0.39 is 5.97 Å². The highest BCUT2D eigenvalue weighted by Crippen LogP contribution is 2.31. The number of aryl methyl sites for hydroxylation is 1. The Morgan fingerprint density at radius 2 is 1.69 bits per heavy atom. The molecule has 0 spiro atoms. The molecule has 0 saturated carbocycles. The Morgan fingerprint density at radius 1 is 0.971 bits per heavy atom. The predicted octanol–water partition coefficient (Wildman–Crippen LogP) is 5.04. The van der Waals surface area contributed by atoms with Crippen molar-refractivity contribution in [3.63, 3.8) is 0 Å². The second-order valence-electron chi connectivity index (χ2n) is 8.25. The van der Waals surface area contributed by atoms with Gasteiger partial charge in [0.05, 0.1) is 11.0 Å². The van der Waals surface area contributed by atoms with Crippen LogP contribution in [0.3, 0.4) is 0 Å². The van der Waals surface area contributed by atoms with Gasteiger partial charge in [-0.2, -0.15) is 0 Å². The molecule has 178 valence electrons. The number of carboxylic acids is 1. The molecule has 0 bridgehead atoms. The molecular formula is C28H28N4O3. The number of para-hydroxylation sites is 2. The molecule has 3 aromatic carbocycles. The van der Waals surface area contributed by atoms with Gasteiger partial charge in [-0.15, -0.1) is 0 Å². The molecule has 0 amide bonds. The molecule has 7 nitrogen and oxygen atoms in total. The van der Waals surface area contributed by atoms with Crippen LogP contribution in [-0.2, 0) is 11.3 Å². The zero-order chi connectivity index (χ0) is 24.8. The summed E-state index contributed by atoms with van der Waals surface area (Å²) in [5.74, 6) is -0.833. The first-order chi connectivity index (χ1) is 17.0. The fourth-order valence-electron chi connectivity index (χ4n) is 4.19. The van der Waals surface area contributed by atoms with Crippen LogP contribution >= 0.6 is 0 Å². The van der Waals surface area contributed by atoms with E-state index >= 15 is 0 Å². The third-order valence-electron chi connectivity index (χ3n) is 5.70. The largest absolute Gasteiger partial charge is 0.481 e. The minimum atomic E-state index is -0.833. The van der Waals surface area contributed by atoms with Crippen LogP contribution in [0.2, 0.25) is 0 Å². The van der Waals surface area contributed by atoms with Crippen molar-refractivity contribution in [1.82, 2.24) is 14.5 Å². The number of nitrogens with zero attached hydrogens (tertiary/aromatic N) is 2. The summed E-state index contributed by atoms with van der Waals surface area (Å²) in [4.78, 5) is 30.0. The number of aliphatic carboxylic acids is 1. The van der Waals surface area contributed by atoms with E-state index in [0.717, 1.165) is 64.9 Å². The smallest absolute Gasteiger partial charge is 0.300 e. The fraction of sp³-hybridized carbons (Fsp3) is 0.179. The monoisotopic (exact) mass is 468 g/mol. The molecule has 0 unspecified atom stereocenters. The summed E-state index contributed by atoms with van der Waals surface area (Å²) in [7, 11) is 0. The molecular weight excluding hydrogens is 440 g/mol. The number of rotatable bonds is 6. The number of aromatic nitrogens is 3. The van der Waals surface area contributed by atoms with E-state index in [2.05, 4.69) is 40.0 Å². The Kier molecular flexibility index (Phi) is 7.38. The van der Waals surface area contributed by atoms with Crippen molar-refractivity contribution < 1.29 is 9.90 Å². The summed E-state index contributed by atoms with van der Waals surface area (Å²) < 4.78 is 2.20. The van der Waals surface area contributed by atoms with E-state index in [1.165, 1.54) is 0 Å². The number of unbranched alkanes of at least 4 members (excludes halogenated alkanes) is 1. The van der Waals surface area contributed by atoms with Crippen LogP contribution in [0.4, 0.5) is 0 Å². The van der Waals surface area contributed by atoms with Crippen LogP contribution in [0.25, 0.3) is 44.3 Å². The highest BCUT2D eigenvalue weighted by molar-refractivity contribution is 5.97. The molecule has 2 aromatic heterocycles. The third-order valence-corrected chi connectivity index (χ3v) is 5.70. The van der Waals surface area contributed by atoms with Crippen LogP contribution in [0, 0.1) is 0 Å². The lowest BCUT2D eigenvalue weighted by Gasteiger charge is -2.08. The summed E-state index contributed by atoms with van der Waals surface area (Å²) >= 11 is 0. The Hall–Kier alpha value is -4.23. The SMILES string of the molecule is CC(=O)O.NCCCCn1cc(-c2nc3c(-c4ccccc4)cccc3[nH]c2=O)c2ccccc21. The highest BCUT2D eigenvalue weighted by Gasteiger charge is 2.16. The summed E-state index contributed by atoms with van der Waals surface area (Å²) in [6.45, 7) is 2.62. The van der Waals surface area contributed by atoms with E-state index in [-0.39, 0.29) is 5.56 Å². The van der Waals surface area contributed by atoms with Gasteiger partial charge in [0, 0.05) is 41.7 Å². The fourth-order valence-corrected chi connectivity index (χ4v) is 4.19. The molecule has 0 aliphatic rings. The molecule has 5 aromatic rings. The number of carboxylic acid groups (broad SMARTS) is 1. The maximum absolute atomic E-state index is 13.1. The molecule has 0 fully saturated rings. The van der Waals surface area contributed by atoms with Crippen LogP contribution in [0.5, 0.6) is 0 Å². The topological polar surface area (TPSA) is 114 Å². The lowest BCUT2D eigenvalue weighted by molar-refractivity contribution is -0.134. The second kappa shape index (κ2) is 10.8. The predicted molar refractivity (Wildman–Crippen MR) is 140 cm³/mol. The number of nitrogens with two attached hydrogens (primary N) is 1. The van der Waals surface area contributed by atoms with Gasteiger partial charge in [-0.05, 0) is 37.1 Å². The average molecular weight is 469 g/mol. The maximum atomic E-state index is 13.1. The summed E-state index contributed by atoms with van der Waals surface area (Å²) in [5, 5.41) is 8.45. The van der Waals surface area contributed by atoms with Crippen molar-refractivity contribution in [3.8, 4) is 22.4 Å². The van der Waals surface area contributed by atoms with Crippen molar-refractivity contribution in [1.29, 1.82) is 0 Å². The minimum Gasteiger partial charge on any atom is -0.481 e. The first kappa shape index (κ1) is 23.9. The van der Waals surface area contributed by atoms with Gasteiger partial charge in [-0.25, -0.2) is 4.98 Å². The highest BCUT2D eigenvalue weighted by atomic mass is 16.4. The molecule has 5 rings (SSSR count). The molecule has 0 aliphatic carbocycles. The first-order valence-electron chi connectivity index (χ1n) is 11.6. The Balaban J connectivity index is 0.000000672. The standard InChI is InChI=1S/C26H24N4O.C2H4O2/c27-15-6-7-16-30-17-21(20-11-4-5-14-23(20)30)25-26(31)28-22-13-8-12-19(24(22)29-25)18-9-2-1-3-10-18;1-2(3)4/h1-5,8-14,17H,6-7,15-16,27H2,(H,28,31);1H3,(H,3,4). The number of hydrogen-bond donors (Lipinski definition) is 3. The van der Waals surface area contributed by atoms with Crippen LogP contribution in [0.15, 0.2) is 83.8 Å². The Morgan fingerprint density at radius 3 is 2.43 bits per heavy atom. The zero-order valence-corrected chi connectivity index (χ0v) is 19.6. The quantitative estimate of drug-likeness (QED) is 0.302. The van der Waals surface area contributed by atoms with Gasteiger partial charge in [-0.3, -0.25) is 9.59 Å². The van der Waals surface area contributed by atoms with Crippen LogP contribution in [-0.4, -0.2) is 32.2 Å². The molecule has 0 saturated heterocycles. The van der Waals surface area contributed by atoms with E-state index in [1.54, 1.807) is 0 Å². The molecule has 0 atom stereocenters. The van der Waals surface area contributed by atoms with Gasteiger partial charge in [0.1, 0.15) is 5.69 Å². The Bertz CT molecular complexity index is 1520. The van der Waals surface area contributed by atoms with Crippen molar-refractivity contribution in [3.05, 3.63) is 89.3 Å². The number of benzene rings is 3. The van der Waals surface area contributed by atoms with E-state index in [1.807, 2.05) is 48.5 Å². The number of nitrogens with one attached hydrogen (secondary N) is 1. The van der Waals surface area contributed by atoms with Gasteiger partial charge in [0.15, 0.2) is 0 Å². The van der Waals surface area contributed by atoms with Crippen LogP contribution in [0.1, 0.15) is 19.8 Å². The van der Waals surface area contributed by atoms with Crippen molar-refractivity contribution in [2.75, 3.05) is 6.54 Å². The normalized spacial score (nSPS) is 10.8. The molecule has 0 aliphatic heterocycles. The lowest BCUT2D eigenvalue weighted by atomic mass is 10.0. The molecule has 2 heterocycles. The van der Waals surface area contributed by atoms with Gasteiger partial charge in [-0.1, -0.05) is 60.7 Å². The van der Waals surface area contributed by atoms with Crippen molar-refractivity contribution in [2.45, 2.75) is 26.3 Å². The summed E-state index contributed by atoms with van der Waals surface area (Å²) in [5.41, 5.74) is 11.5. The Labute approximate surface area is 202 Å². The van der Waals surface area contributed by atoms with Gasteiger partial charge in [0.25, 0.3) is 11.5 Å². The maximum Gasteiger partial charge on any atom is 0.300 e. The van der Waals surface area contributed by atoms with Crippen molar-refractivity contribution >= 4 is 27.9 Å². The van der Waals surface area contributed by atoms with Crippen molar-refractivity contribution in [2.24, 2.45) is 5.73 Å². The van der Waals surface area contributed by atoms with Crippen LogP contribution < -0.4 is 11.3 Å². The van der Waals surface area contributed by atoms with E-state index in [4.69, 9.17) is 20.6 Å². The first-order valence-corrected chi connectivity index (χ1v) is 11.6. The molecule has 7 heteroatoms. The molecule has 0 radical (unpaired) electrons. The number of carbonyl (C=O) groups is 1. The number of H-pyrrole nitrogens is 1. The van der Waals surface area contributed by atoms with Gasteiger partial charge < -0.3 is 20.4 Å². The van der Waals surface area contributed by atoms with E-state index in [9.17, 15) is 4.79 Å². The number of aromatic amines is 1. The second-order valence-corrected chi connectivity index (χ2v) is 8.25. The zero-order valence-electron chi connectivity index (χ0n) is 19.6. The lowest BCUT2D eigenvalue weighted by Crippen LogP contribution is -2.11. The molecule has 35 heavy (non-hydrogen) atoms. The summed E-state index contributed by atoms with van der Waals surface area (Å²) in [6.07, 6.45) is 4.01. The minimum absolute atomic E-state index is 0.178. The summed E-state index contributed by atoms with van der Waals surface area (Å²) in [6, 6.07) is 24.2. The van der Waals surface area contributed by atoms with Gasteiger partial charge in [0.2, 0.25) is 0 Å². The molecule has 4 N–H and O–H groups in total. The third kappa shape index (κ3) is 5.31. The number of hydrogen-bond acceptors (Lipinski definition) is 4. The van der Waals surface area contributed by atoms with Gasteiger partial charge >= 0.3 is 0 Å². The average Bonchev–Trinajstić information content (AvgIpc) is 3.22.